The molecule has 2 saturated heterocycles. The molecular weight excluding hydrogens is 463 g/mol. The van der Waals surface area contributed by atoms with Gasteiger partial charge in [0.05, 0.1) is 43.1 Å². The van der Waals surface area contributed by atoms with Crippen molar-refractivity contribution in [3.8, 4) is 0 Å². The Hall–Kier alpha value is -3.25. The van der Waals surface area contributed by atoms with Crippen LogP contribution in [0.25, 0.3) is 0 Å². The highest BCUT2D eigenvalue weighted by Gasteiger charge is 2.33. The smallest absolute Gasteiger partial charge is 0.414 e. The van der Waals surface area contributed by atoms with Crippen LogP contribution in [0.1, 0.15) is 11.8 Å². The maximum Gasteiger partial charge on any atom is 0.414 e. The lowest BCUT2D eigenvalue weighted by Crippen LogP contribution is -2.49. The standard InChI is InChI=1S/C22H27FN6O4S/c1-15(30)25-9-17-12-29(22(32)33-17)16-2-3-20(19(23)8-16)28-6-4-27(5-7-28)13-21(31)26-11-18-10-24-14-34-18/h2-3,8,10,14,17H,4-7,9,11-13H2,1H3,(H,25,30)(H,26,31)/t17-/m0/s1. The Balaban J connectivity index is 1.27. The van der Waals surface area contributed by atoms with Gasteiger partial charge in [-0.3, -0.25) is 24.4 Å². The van der Waals surface area contributed by atoms with Crippen LogP contribution in [0, 0.1) is 5.82 Å². The molecule has 3 amide bonds. The predicted octanol–water partition coefficient (Wildman–Crippen LogP) is 1.18. The number of piperazine rings is 1. The van der Waals surface area contributed by atoms with Crippen LogP contribution in [0.4, 0.5) is 20.6 Å². The molecule has 0 saturated carbocycles. The van der Waals surface area contributed by atoms with Gasteiger partial charge in [-0.2, -0.15) is 0 Å². The number of anilines is 2. The van der Waals surface area contributed by atoms with Gasteiger partial charge in [-0.05, 0) is 18.2 Å². The van der Waals surface area contributed by atoms with Gasteiger partial charge in [-0.25, -0.2) is 9.18 Å². The Morgan fingerprint density at radius 1 is 1.24 bits per heavy atom. The second-order valence-corrected chi connectivity index (χ2v) is 9.17. The largest absolute Gasteiger partial charge is 0.442 e. The quantitative estimate of drug-likeness (QED) is 0.572. The monoisotopic (exact) mass is 490 g/mol. The summed E-state index contributed by atoms with van der Waals surface area (Å²) in [5, 5.41) is 5.51. The number of cyclic esters (lactones) is 1. The molecule has 0 bridgehead atoms. The molecule has 2 aromatic rings. The van der Waals surface area contributed by atoms with Gasteiger partial charge in [0.2, 0.25) is 11.8 Å². The number of carbonyl (C=O) groups excluding carboxylic acids is 3. The van der Waals surface area contributed by atoms with E-state index in [-0.39, 0.29) is 24.9 Å². The van der Waals surface area contributed by atoms with E-state index in [0.717, 1.165) is 4.88 Å². The molecule has 34 heavy (non-hydrogen) atoms. The van der Waals surface area contributed by atoms with Gasteiger partial charge >= 0.3 is 6.09 Å². The minimum Gasteiger partial charge on any atom is -0.442 e. The van der Waals surface area contributed by atoms with Crippen LogP contribution >= 0.6 is 11.3 Å². The Kier molecular flexibility index (Phi) is 7.58. The lowest BCUT2D eigenvalue weighted by atomic mass is 10.2. The zero-order chi connectivity index (χ0) is 24.1. The van der Waals surface area contributed by atoms with Crippen molar-refractivity contribution in [1.29, 1.82) is 0 Å². The van der Waals surface area contributed by atoms with Crippen molar-refractivity contribution < 1.29 is 23.5 Å². The highest BCUT2D eigenvalue weighted by molar-refractivity contribution is 7.09. The average molecular weight is 491 g/mol. The normalized spacial score (nSPS) is 18.6. The number of halogens is 1. The minimum atomic E-state index is -0.565. The van der Waals surface area contributed by atoms with E-state index in [9.17, 15) is 18.8 Å². The van der Waals surface area contributed by atoms with Gasteiger partial charge in [-0.15, -0.1) is 11.3 Å². The molecule has 0 radical (unpaired) electrons. The number of rotatable bonds is 8. The van der Waals surface area contributed by atoms with Gasteiger partial charge in [-0.1, -0.05) is 0 Å². The number of hydrogen-bond donors (Lipinski definition) is 2. The van der Waals surface area contributed by atoms with Crippen molar-refractivity contribution in [2.75, 3.05) is 55.6 Å². The number of carbonyl (C=O) groups is 3. The first kappa shape index (κ1) is 23.9. The molecule has 12 heteroatoms. The zero-order valence-electron chi connectivity index (χ0n) is 18.8. The Morgan fingerprint density at radius 3 is 2.71 bits per heavy atom. The van der Waals surface area contributed by atoms with Gasteiger partial charge in [0.15, 0.2) is 0 Å². The maximum absolute atomic E-state index is 14.9. The van der Waals surface area contributed by atoms with Crippen LogP contribution in [-0.4, -0.2) is 79.7 Å². The Labute approximate surface area is 200 Å². The Bertz CT molecular complexity index is 1030. The van der Waals surface area contributed by atoms with E-state index in [4.69, 9.17) is 4.74 Å². The molecule has 4 rings (SSSR count). The third-order valence-corrected chi connectivity index (χ3v) is 6.50. The average Bonchev–Trinajstić information content (AvgIpc) is 3.46. The highest BCUT2D eigenvalue weighted by Crippen LogP contribution is 2.28. The van der Waals surface area contributed by atoms with E-state index in [1.807, 2.05) is 9.80 Å². The number of nitrogens with one attached hydrogen (secondary N) is 2. The van der Waals surface area contributed by atoms with Crippen molar-refractivity contribution in [2.45, 2.75) is 19.6 Å². The third-order valence-electron chi connectivity index (χ3n) is 5.72. The highest BCUT2D eigenvalue weighted by atomic mass is 32.1. The molecule has 1 atom stereocenters. The predicted molar refractivity (Wildman–Crippen MR) is 125 cm³/mol. The van der Waals surface area contributed by atoms with E-state index in [2.05, 4.69) is 15.6 Å². The summed E-state index contributed by atoms with van der Waals surface area (Å²) >= 11 is 1.50. The molecular formula is C22H27FN6O4S. The van der Waals surface area contributed by atoms with Crippen molar-refractivity contribution in [3.05, 3.63) is 40.6 Å². The lowest BCUT2D eigenvalue weighted by Gasteiger charge is -2.36. The van der Waals surface area contributed by atoms with Gasteiger partial charge in [0.25, 0.3) is 0 Å². The van der Waals surface area contributed by atoms with Crippen molar-refractivity contribution in [1.82, 2.24) is 20.5 Å². The second kappa shape index (κ2) is 10.8. The van der Waals surface area contributed by atoms with Gasteiger partial charge in [0, 0.05) is 44.2 Å². The van der Waals surface area contributed by atoms with Crippen LogP contribution in [0.15, 0.2) is 29.9 Å². The van der Waals surface area contributed by atoms with Crippen LogP contribution < -0.4 is 20.4 Å². The molecule has 0 spiro atoms. The molecule has 0 aliphatic carbocycles. The van der Waals surface area contributed by atoms with Crippen LogP contribution in [-0.2, 0) is 20.9 Å². The first-order valence-electron chi connectivity index (χ1n) is 11.0. The zero-order valence-corrected chi connectivity index (χ0v) is 19.6. The van der Waals surface area contributed by atoms with E-state index in [0.29, 0.717) is 50.6 Å². The third kappa shape index (κ3) is 6.00. The van der Waals surface area contributed by atoms with Crippen LogP contribution in [0.5, 0.6) is 0 Å². The SMILES string of the molecule is CC(=O)NC[C@H]1CN(c2ccc(N3CCN(CC(=O)NCc4cncs4)CC3)c(F)c2)C(=O)O1. The number of benzene rings is 1. The van der Waals surface area contributed by atoms with E-state index in [1.165, 1.54) is 29.2 Å². The van der Waals surface area contributed by atoms with E-state index < -0.39 is 18.0 Å². The molecule has 2 N–H and O–H groups in total. The summed E-state index contributed by atoms with van der Waals surface area (Å²) in [5.41, 5.74) is 2.60. The van der Waals surface area contributed by atoms with Crippen molar-refractivity contribution in [2.24, 2.45) is 0 Å². The Morgan fingerprint density at radius 2 is 2.03 bits per heavy atom. The van der Waals surface area contributed by atoms with Crippen LogP contribution in [0.3, 0.4) is 0 Å². The topological polar surface area (TPSA) is 107 Å². The molecule has 2 aliphatic rings. The van der Waals surface area contributed by atoms with E-state index in [1.54, 1.807) is 23.8 Å². The number of aromatic nitrogens is 1. The van der Waals surface area contributed by atoms with Crippen LogP contribution in [0.2, 0.25) is 0 Å². The summed E-state index contributed by atoms with van der Waals surface area (Å²) in [4.78, 5) is 45.8. The lowest BCUT2D eigenvalue weighted by molar-refractivity contribution is -0.122. The fourth-order valence-electron chi connectivity index (χ4n) is 3.94. The fraction of sp³-hybridized carbons (Fsp3) is 0.455. The van der Waals surface area contributed by atoms with Gasteiger partial charge < -0.3 is 20.3 Å². The summed E-state index contributed by atoms with van der Waals surface area (Å²) in [6.45, 7) is 5.06. The number of thiazole rings is 1. The summed E-state index contributed by atoms with van der Waals surface area (Å²) in [5.74, 6) is -0.681. The summed E-state index contributed by atoms with van der Waals surface area (Å²) in [6.07, 6.45) is 0.691. The minimum absolute atomic E-state index is 0.0494. The van der Waals surface area contributed by atoms with E-state index >= 15 is 0 Å². The molecule has 0 unspecified atom stereocenters. The molecule has 2 aliphatic heterocycles. The number of amides is 3. The molecule has 3 heterocycles. The molecule has 182 valence electrons. The molecule has 1 aromatic heterocycles. The van der Waals surface area contributed by atoms with Crippen molar-refractivity contribution in [3.63, 3.8) is 0 Å². The molecule has 1 aromatic carbocycles. The first-order chi connectivity index (χ1) is 16.4. The number of ether oxygens (including phenoxy) is 1. The van der Waals surface area contributed by atoms with Gasteiger partial charge in [0.1, 0.15) is 11.9 Å². The maximum atomic E-state index is 14.9. The second-order valence-electron chi connectivity index (χ2n) is 8.20. The van der Waals surface area contributed by atoms with Crippen molar-refractivity contribution >= 4 is 40.6 Å². The fourth-order valence-corrected chi connectivity index (χ4v) is 4.47. The summed E-state index contributed by atoms with van der Waals surface area (Å²) in [6, 6.07) is 4.69. The summed E-state index contributed by atoms with van der Waals surface area (Å²) in [7, 11) is 0. The first-order valence-corrected chi connectivity index (χ1v) is 11.9. The molecule has 2 fully saturated rings. The summed E-state index contributed by atoms with van der Waals surface area (Å²) < 4.78 is 20.2. The molecule has 10 nitrogen and oxygen atoms in total. The number of hydrogen-bond acceptors (Lipinski definition) is 8. The number of nitrogens with zero attached hydrogens (tertiary/aromatic N) is 4.